The van der Waals surface area contributed by atoms with Gasteiger partial charge in [-0.2, -0.15) is 0 Å². The van der Waals surface area contributed by atoms with Crippen LogP contribution in [0.25, 0.3) is 0 Å². The van der Waals surface area contributed by atoms with Crippen LogP contribution < -0.4 is 0 Å². The Bertz CT molecular complexity index is 300. The Labute approximate surface area is 80.4 Å². The largest absolute Gasteiger partial charge is 0.507 e. The molecule has 0 atom stereocenters. The molecule has 0 saturated carbocycles. The van der Waals surface area contributed by atoms with Crippen LogP contribution in [0.15, 0.2) is 12.1 Å². The first-order chi connectivity index (χ1) is 6.00. The van der Waals surface area contributed by atoms with Crippen molar-refractivity contribution in [3.63, 3.8) is 0 Å². The first kappa shape index (κ1) is 10.1. The van der Waals surface area contributed by atoms with Crippen molar-refractivity contribution < 1.29 is 5.11 Å². The van der Waals surface area contributed by atoms with E-state index in [0.29, 0.717) is 11.7 Å². The van der Waals surface area contributed by atoms with Crippen LogP contribution in [0.2, 0.25) is 0 Å². The average Bonchev–Trinajstić information content (AvgIpc) is 1.98. The van der Waals surface area contributed by atoms with Gasteiger partial charge < -0.3 is 5.11 Å². The van der Waals surface area contributed by atoms with Crippen molar-refractivity contribution in [2.24, 2.45) is 5.92 Å². The molecule has 0 unspecified atom stereocenters. The molecule has 0 aliphatic heterocycles. The normalized spacial score (nSPS) is 10.8. The lowest BCUT2D eigenvalue weighted by atomic mass is 9.98. The summed E-state index contributed by atoms with van der Waals surface area (Å²) in [5.41, 5.74) is 3.29. The predicted octanol–water partition coefficient (Wildman–Crippen LogP) is 3.21. The van der Waals surface area contributed by atoms with Crippen molar-refractivity contribution in [1.29, 1.82) is 0 Å². The summed E-state index contributed by atoms with van der Waals surface area (Å²) in [5, 5.41) is 9.77. The van der Waals surface area contributed by atoms with Crippen molar-refractivity contribution in [2.45, 2.75) is 34.1 Å². The Morgan fingerprint density at radius 3 is 2.38 bits per heavy atom. The highest BCUT2D eigenvalue weighted by Crippen LogP contribution is 2.25. The molecule has 13 heavy (non-hydrogen) atoms. The van der Waals surface area contributed by atoms with Gasteiger partial charge in [0.15, 0.2) is 0 Å². The number of benzene rings is 1. The summed E-state index contributed by atoms with van der Waals surface area (Å²) in [4.78, 5) is 0. The lowest BCUT2D eigenvalue weighted by molar-refractivity contribution is 0.458. The quantitative estimate of drug-likeness (QED) is 0.737. The van der Waals surface area contributed by atoms with E-state index >= 15 is 0 Å². The second-order valence-electron chi connectivity index (χ2n) is 4.19. The van der Waals surface area contributed by atoms with Gasteiger partial charge in [-0.25, -0.2) is 0 Å². The third-order valence-corrected chi connectivity index (χ3v) is 2.15. The molecular formula is C12H18O. The van der Waals surface area contributed by atoms with E-state index in [4.69, 9.17) is 0 Å². The highest BCUT2D eigenvalue weighted by Gasteiger charge is 2.06. The molecule has 0 aromatic heterocycles. The van der Waals surface area contributed by atoms with Crippen LogP contribution in [0.1, 0.15) is 30.5 Å². The van der Waals surface area contributed by atoms with Crippen LogP contribution in [0.3, 0.4) is 0 Å². The smallest absolute Gasteiger partial charge is 0.121 e. The number of rotatable bonds is 2. The molecule has 1 aromatic rings. The Hall–Kier alpha value is -0.980. The maximum absolute atomic E-state index is 9.77. The maximum Gasteiger partial charge on any atom is 0.121 e. The van der Waals surface area contributed by atoms with Gasteiger partial charge in [0.2, 0.25) is 0 Å². The molecule has 1 heteroatoms. The predicted molar refractivity (Wildman–Crippen MR) is 56.1 cm³/mol. The fourth-order valence-electron chi connectivity index (χ4n) is 1.64. The highest BCUT2D eigenvalue weighted by molar-refractivity contribution is 5.42. The summed E-state index contributed by atoms with van der Waals surface area (Å²) in [7, 11) is 0. The van der Waals surface area contributed by atoms with Crippen molar-refractivity contribution in [2.75, 3.05) is 0 Å². The monoisotopic (exact) mass is 178 g/mol. The summed E-state index contributed by atoms with van der Waals surface area (Å²) in [5.74, 6) is 1.06. The fraction of sp³-hybridized carbons (Fsp3) is 0.500. The number of phenolic OH excluding ortho intramolecular Hbond substituents is 1. The molecule has 0 spiro atoms. The van der Waals surface area contributed by atoms with E-state index in [1.54, 1.807) is 0 Å². The van der Waals surface area contributed by atoms with Gasteiger partial charge in [-0.15, -0.1) is 0 Å². The van der Waals surface area contributed by atoms with E-state index < -0.39 is 0 Å². The molecule has 72 valence electrons. The molecule has 1 aromatic carbocycles. The minimum Gasteiger partial charge on any atom is -0.507 e. The zero-order valence-electron chi connectivity index (χ0n) is 8.89. The number of aromatic hydroxyl groups is 1. The zero-order chi connectivity index (χ0) is 10.0. The van der Waals surface area contributed by atoms with Gasteiger partial charge in [0.1, 0.15) is 5.75 Å². The van der Waals surface area contributed by atoms with Gasteiger partial charge in [-0.1, -0.05) is 31.5 Å². The molecule has 0 bridgehead atoms. The highest BCUT2D eigenvalue weighted by atomic mass is 16.3. The first-order valence-corrected chi connectivity index (χ1v) is 4.79. The van der Waals surface area contributed by atoms with E-state index in [9.17, 15) is 5.11 Å². The molecule has 0 amide bonds. The molecule has 0 aliphatic rings. The van der Waals surface area contributed by atoms with Crippen molar-refractivity contribution in [3.05, 3.63) is 28.8 Å². The van der Waals surface area contributed by atoms with Gasteiger partial charge in [0, 0.05) is 0 Å². The SMILES string of the molecule is Cc1cc(C)c(O)c(CC(C)C)c1. The van der Waals surface area contributed by atoms with E-state index in [1.807, 2.05) is 13.0 Å². The molecule has 0 heterocycles. The van der Waals surface area contributed by atoms with Crippen molar-refractivity contribution in [3.8, 4) is 5.75 Å². The van der Waals surface area contributed by atoms with Crippen LogP contribution in [0.5, 0.6) is 5.75 Å². The van der Waals surface area contributed by atoms with Crippen molar-refractivity contribution in [1.82, 2.24) is 0 Å². The third kappa shape index (κ3) is 2.48. The second-order valence-corrected chi connectivity index (χ2v) is 4.19. The van der Waals surface area contributed by atoms with Gasteiger partial charge >= 0.3 is 0 Å². The zero-order valence-corrected chi connectivity index (χ0v) is 8.89. The van der Waals surface area contributed by atoms with E-state index in [1.165, 1.54) is 5.56 Å². The van der Waals surface area contributed by atoms with E-state index in [-0.39, 0.29) is 0 Å². The number of hydrogen-bond donors (Lipinski definition) is 1. The number of hydrogen-bond acceptors (Lipinski definition) is 1. The Morgan fingerprint density at radius 2 is 1.85 bits per heavy atom. The van der Waals surface area contributed by atoms with Crippen LogP contribution in [0, 0.1) is 19.8 Å². The van der Waals surface area contributed by atoms with Crippen molar-refractivity contribution >= 4 is 0 Å². The Morgan fingerprint density at radius 1 is 1.23 bits per heavy atom. The lowest BCUT2D eigenvalue weighted by Gasteiger charge is -2.10. The minimum absolute atomic E-state index is 0.472. The summed E-state index contributed by atoms with van der Waals surface area (Å²) in [6, 6.07) is 4.08. The van der Waals surface area contributed by atoms with E-state index in [0.717, 1.165) is 17.5 Å². The van der Waals surface area contributed by atoms with Crippen LogP contribution in [0.4, 0.5) is 0 Å². The Balaban J connectivity index is 3.05. The summed E-state index contributed by atoms with van der Waals surface area (Å²) in [6.07, 6.45) is 0.953. The average molecular weight is 178 g/mol. The molecule has 1 N–H and O–H groups in total. The third-order valence-electron chi connectivity index (χ3n) is 2.15. The summed E-state index contributed by atoms with van der Waals surface area (Å²) < 4.78 is 0. The van der Waals surface area contributed by atoms with Crippen LogP contribution in [-0.4, -0.2) is 5.11 Å². The van der Waals surface area contributed by atoms with Gasteiger partial charge in [-0.3, -0.25) is 0 Å². The molecule has 0 fully saturated rings. The number of phenols is 1. The topological polar surface area (TPSA) is 20.2 Å². The minimum atomic E-state index is 0.472. The lowest BCUT2D eigenvalue weighted by Crippen LogP contribution is -1.96. The summed E-state index contributed by atoms with van der Waals surface area (Å²) >= 11 is 0. The standard InChI is InChI=1S/C12H18O/c1-8(2)5-11-7-9(3)6-10(4)12(11)13/h6-8,13H,5H2,1-4H3. The van der Waals surface area contributed by atoms with E-state index in [2.05, 4.69) is 26.8 Å². The van der Waals surface area contributed by atoms with Gasteiger partial charge in [0.05, 0.1) is 0 Å². The molecule has 1 nitrogen and oxygen atoms in total. The maximum atomic E-state index is 9.77. The molecule has 0 radical (unpaired) electrons. The molecule has 0 saturated heterocycles. The molecule has 1 rings (SSSR count). The van der Waals surface area contributed by atoms with Crippen LogP contribution in [-0.2, 0) is 6.42 Å². The van der Waals surface area contributed by atoms with Gasteiger partial charge in [-0.05, 0) is 37.3 Å². The molecule has 0 aliphatic carbocycles. The van der Waals surface area contributed by atoms with Crippen LogP contribution >= 0.6 is 0 Å². The first-order valence-electron chi connectivity index (χ1n) is 4.79. The second kappa shape index (κ2) is 3.82. The van der Waals surface area contributed by atoms with Gasteiger partial charge in [0.25, 0.3) is 0 Å². The Kier molecular flexibility index (Phi) is 2.97. The fourth-order valence-corrected chi connectivity index (χ4v) is 1.64. The summed E-state index contributed by atoms with van der Waals surface area (Å²) in [6.45, 7) is 8.34. The number of aryl methyl sites for hydroxylation is 2. The molecular weight excluding hydrogens is 160 g/mol.